The molecule has 0 aliphatic heterocycles. The third kappa shape index (κ3) is 3.20. The van der Waals surface area contributed by atoms with E-state index in [-0.39, 0.29) is 5.91 Å². The fraction of sp³-hybridized carbons (Fsp3) is 0.231. The van der Waals surface area contributed by atoms with E-state index in [1.54, 1.807) is 18.3 Å². The Labute approximate surface area is 114 Å². The molecular formula is C13H13BrN2O2. The van der Waals surface area contributed by atoms with Gasteiger partial charge >= 0.3 is 0 Å². The van der Waals surface area contributed by atoms with Crippen molar-refractivity contribution in [2.24, 2.45) is 0 Å². The quantitative estimate of drug-likeness (QED) is 0.945. The number of aromatic nitrogens is 1. The van der Waals surface area contributed by atoms with Crippen LogP contribution in [0.25, 0.3) is 0 Å². The second-order valence-electron chi connectivity index (χ2n) is 3.77. The highest BCUT2D eigenvalue weighted by molar-refractivity contribution is 9.10. The maximum Gasteiger partial charge on any atom is 0.251 e. The summed E-state index contributed by atoms with van der Waals surface area (Å²) in [7, 11) is 0. The molecule has 0 atom stereocenters. The first kappa shape index (κ1) is 12.8. The first-order valence-corrected chi connectivity index (χ1v) is 6.45. The Morgan fingerprint density at radius 2 is 2.33 bits per heavy atom. The number of hydrogen-bond acceptors (Lipinski definition) is 3. The van der Waals surface area contributed by atoms with Crippen molar-refractivity contribution < 1.29 is 9.21 Å². The fourth-order valence-electron chi connectivity index (χ4n) is 1.48. The van der Waals surface area contributed by atoms with Crippen molar-refractivity contribution in [3.63, 3.8) is 0 Å². The third-order valence-corrected chi connectivity index (χ3v) is 2.93. The second kappa shape index (κ2) is 5.82. The van der Waals surface area contributed by atoms with Crippen molar-refractivity contribution in [2.75, 3.05) is 0 Å². The number of nitrogens with zero attached hydrogens (tertiary/aromatic N) is 1. The van der Waals surface area contributed by atoms with Crippen LogP contribution in [0.15, 0.2) is 39.4 Å². The SMILES string of the molecule is CCc1cnc(CNC(=O)c2cccc(Br)c2)o1. The van der Waals surface area contributed by atoms with E-state index in [4.69, 9.17) is 4.42 Å². The topological polar surface area (TPSA) is 55.1 Å². The predicted molar refractivity (Wildman–Crippen MR) is 71.2 cm³/mol. The van der Waals surface area contributed by atoms with Gasteiger partial charge in [0.1, 0.15) is 5.76 Å². The van der Waals surface area contributed by atoms with Gasteiger partial charge in [-0.1, -0.05) is 28.9 Å². The van der Waals surface area contributed by atoms with E-state index in [1.807, 2.05) is 19.1 Å². The molecule has 2 aromatic rings. The van der Waals surface area contributed by atoms with Gasteiger partial charge in [-0.15, -0.1) is 0 Å². The monoisotopic (exact) mass is 308 g/mol. The lowest BCUT2D eigenvalue weighted by atomic mass is 10.2. The molecule has 5 heteroatoms. The molecule has 0 saturated heterocycles. The summed E-state index contributed by atoms with van der Waals surface area (Å²) in [6.07, 6.45) is 2.48. The largest absolute Gasteiger partial charge is 0.444 e. The molecule has 18 heavy (non-hydrogen) atoms. The molecule has 0 fully saturated rings. The van der Waals surface area contributed by atoms with Crippen LogP contribution in [0.1, 0.15) is 28.9 Å². The van der Waals surface area contributed by atoms with Crippen LogP contribution >= 0.6 is 15.9 Å². The molecule has 94 valence electrons. The lowest BCUT2D eigenvalue weighted by Gasteiger charge is -2.03. The van der Waals surface area contributed by atoms with E-state index in [9.17, 15) is 4.79 Å². The third-order valence-electron chi connectivity index (χ3n) is 2.44. The molecule has 4 nitrogen and oxygen atoms in total. The number of aryl methyl sites for hydroxylation is 1. The number of carbonyl (C=O) groups excluding carboxylic acids is 1. The number of halogens is 1. The molecule has 2 rings (SSSR count). The van der Waals surface area contributed by atoms with Gasteiger partial charge in [-0.3, -0.25) is 4.79 Å². The minimum absolute atomic E-state index is 0.146. The Balaban J connectivity index is 1.96. The Kier molecular flexibility index (Phi) is 4.15. The van der Waals surface area contributed by atoms with E-state index >= 15 is 0 Å². The van der Waals surface area contributed by atoms with Crippen molar-refractivity contribution in [1.82, 2.24) is 10.3 Å². The summed E-state index contributed by atoms with van der Waals surface area (Å²) < 4.78 is 6.28. The molecule has 0 saturated carbocycles. The number of oxazole rings is 1. The van der Waals surface area contributed by atoms with Gasteiger partial charge in [-0.2, -0.15) is 0 Å². The molecule has 1 amide bonds. The normalized spacial score (nSPS) is 10.3. The van der Waals surface area contributed by atoms with Crippen LogP contribution in [0.4, 0.5) is 0 Å². The molecule has 0 radical (unpaired) electrons. The zero-order valence-electron chi connectivity index (χ0n) is 9.94. The van der Waals surface area contributed by atoms with Gasteiger partial charge in [0.05, 0.1) is 12.7 Å². The summed E-state index contributed by atoms with van der Waals surface area (Å²) in [6, 6.07) is 7.22. The molecular weight excluding hydrogens is 296 g/mol. The minimum atomic E-state index is -0.146. The zero-order valence-corrected chi connectivity index (χ0v) is 11.5. The van der Waals surface area contributed by atoms with E-state index < -0.39 is 0 Å². The van der Waals surface area contributed by atoms with Crippen LogP contribution in [0.2, 0.25) is 0 Å². The Morgan fingerprint density at radius 1 is 1.50 bits per heavy atom. The van der Waals surface area contributed by atoms with Gasteiger partial charge < -0.3 is 9.73 Å². The van der Waals surface area contributed by atoms with Gasteiger partial charge in [0.2, 0.25) is 5.89 Å². The zero-order chi connectivity index (χ0) is 13.0. The van der Waals surface area contributed by atoms with Crippen molar-refractivity contribution in [1.29, 1.82) is 0 Å². The lowest BCUT2D eigenvalue weighted by molar-refractivity contribution is 0.0947. The molecule has 0 aliphatic carbocycles. The highest BCUT2D eigenvalue weighted by atomic mass is 79.9. The number of nitrogens with one attached hydrogen (secondary N) is 1. The number of rotatable bonds is 4. The summed E-state index contributed by atoms with van der Waals surface area (Å²) in [5.74, 6) is 1.20. The summed E-state index contributed by atoms with van der Waals surface area (Å²) >= 11 is 3.33. The molecule has 1 heterocycles. The molecule has 0 aliphatic rings. The summed E-state index contributed by atoms with van der Waals surface area (Å²) in [6.45, 7) is 2.29. The average molecular weight is 309 g/mol. The maximum absolute atomic E-state index is 11.8. The first-order chi connectivity index (χ1) is 8.69. The van der Waals surface area contributed by atoms with Gasteiger partial charge in [-0.05, 0) is 18.2 Å². The van der Waals surface area contributed by atoms with Crippen LogP contribution in [0, 0.1) is 0 Å². The smallest absolute Gasteiger partial charge is 0.251 e. The first-order valence-electron chi connectivity index (χ1n) is 5.66. The molecule has 1 N–H and O–H groups in total. The Morgan fingerprint density at radius 3 is 3.00 bits per heavy atom. The van der Waals surface area contributed by atoms with E-state index in [1.165, 1.54) is 0 Å². The molecule has 1 aromatic carbocycles. The van der Waals surface area contributed by atoms with Gasteiger partial charge in [0.25, 0.3) is 5.91 Å². The van der Waals surface area contributed by atoms with E-state index in [0.717, 1.165) is 16.7 Å². The number of carbonyl (C=O) groups is 1. The summed E-state index contributed by atoms with van der Waals surface area (Å²) in [5, 5.41) is 2.76. The van der Waals surface area contributed by atoms with Crippen molar-refractivity contribution in [3.8, 4) is 0 Å². The molecule has 0 spiro atoms. The molecule has 1 aromatic heterocycles. The van der Waals surface area contributed by atoms with Crippen LogP contribution < -0.4 is 5.32 Å². The van der Waals surface area contributed by atoms with E-state index in [0.29, 0.717) is 18.0 Å². The number of benzene rings is 1. The highest BCUT2D eigenvalue weighted by Crippen LogP contribution is 2.11. The van der Waals surface area contributed by atoms with Gasteiger partial charge in [0.15, 0.2) is 0 Å². The minimum Gasteiger partial charge on any atom is -0.444 e. The van der Waals surface area contributed by atoms with Crippen molar-refractivity contribution in [2.45, 2.75) is 19.9 Å². The molecule has 0 bridgehead atoms. The summed E-state index contributed by atoms with van der Waals surface area (Å²) in [4.78, 5) is 15.9. The highest BCUT2D eigenvalue weighted by Gasteiger charge is 2.08. The Hall–Kier alpha value is -1.62. The number of hydrogen-bond donors (Lipinski definition) is 1. The predicted octanol–water partition coefficient (Wildman–Crippen LogP) is 2.93. The maximum atomic E-state index is 11.8. The van der Waals surface area contributed by atoms with Gasteiger partial charge in [0, 0.05) is 16.5 Å². The molecule has 0 unspecified atom stereocenters. The van der Waals surface area contributed by atoms with Crippen LogP contribution in [-0.4, -0.2) is 10.9 Å². The van der Waals surface area contributed by atoms with Crippen LogP contribution in [0.3, 0.4) is 0 Å². The van der Waals surface area contributed by atoms with Crippen molar-refractivity contribution in [3.05, 3.63) is 52.1 Å². The number of amides is 1. The van der Waals surface area contributed by atoms with Crippen molar-refractivity contribution >= 4 is 21.8 Å². The standard InChI is InChI=1S/C13H13BrN2O2/c1-2-11-7-15-12(18-11)8-16-13(17)9-4-3-5-10(14)6-9/h3-7H,2,8H2,1H3,(H,16,17). The summed E-state index contributed by atoms with van der Waals surface area (Å²) in [5.41, 5.74) is 0.603. The van der Waals surface area contributed by atoms with Crippen LogP contribution in [-0.2, 0) is 13.0 Å². The second-order valence-corrected chi connectivity index (χ2v) is 4.68. The fourth-order valence-corrected chi connectivity index (χ4v) is 1.88. The Bertz CT molecular complexity index is 551. The van der Waals surface area contributed by atoms with Crippen LogP contribution in [0.5, 0.6) is 0 Å². The average Bonchev–Trinajstić information content (AvgIpc) is 2.84. The van der Waals surface area contributed by atoms with Gasteiger partial charge in [-0.25, -0.2) is 4.98 Å². The lowest BCUT2D eigenvalue weighted by Crippen LogP contribution is -2.22. The van der Waals surface area contributed by atoms with E-state index in [2.05, 4.69) is 26.2 Å².